The van der Waals surface area contributed by atoms with Crippen molar-refractivity contribution in [1.29, 1.82) is 0 Å². The summed E-state index contributed by atoms with van der Waals surface area (Å²) in [5.74, 6) is 5.52. The number of carbonyl (C=O) groups excluding carboxylic acids is 1. The Labute approximate surface area is 115 Å². The van der Waals surface area contributed by atoms with E-state index in [1.807, 2.05) is 26.0 Å². The summed E-state index contributed by atoms with van der Waals surface area (Å²) < 4.78 is 0. The lowest BCUT2D eigenvalue weighted by molar-refractivity contribution is 0.0941. The van der Waals surface area contributed by atoms with E-state index in [-0.39, 0.29) is 11.9 Å². The summed E-state index contributed by atoms with van der Waals surface area (Å²) in [4.78, 5) is 18.5. The van der Waals surface area contributed by atoms with E-state index < -0.39 is 0 Å². The molecule has 1 unspecified atom stereocenters. The minimum absolute atomic E-state index is 0.0444. The first-order chi connectivity index (χ1) is 9.11. The predicted molar refractivity (Wildman–Crippen MR) is 77.0 cm³/mol. The first-order valence-corrected chi connectivity index (χ1v) is 6.72. The van der Waals surface area contributed by atoms with Gasteiger partial charge in [-0.1, -0.05) is 0 Å². The normalized spacial score (nSPS) is 11.9. The van der Waals surface area contributed by atoms with Crippen LogP contribution < -0.4 is 16.6 Å². The zero-order valence-corrected chi connectivity index (χ0v) is 11.6. The highest BCUT2D eigenvalue weighted by Gasteiger charge is 2.15. The number of nitrogens with zero attached hydrogens (tertiary/aromatic N) is 1. The van der Waals surface area contributed by atoms with Crippen LogP contribution in [0.1, 0.15) is 33.1 Å². The van der Waals surface area contributed by atoms with Crippen LogP contribution in [0.3, 0.4) is 0 Å². The summed E-state index contributed by atoms with van der Waals surface area (Å²) in [5.41, 5.74) is 2.86. The minimum Gasteiger partial charge on any atom is -0.345 e. The molecular weight excluding hydrogens is 260 g/mol. The Bertz CT molecular complexity index is 582. The molecule has 1 atom stereocenters. The van der Waals surface area contributed by atoms with E-state index in [1.165, 1.54) is 4.88 Å². The molecule has 0 aliphatic rings. The number of hydrogen-bond donors (Lipinski definition) is 3. The molecule has 4 N–H and O–H groups in total. The van der Waals surface area contributed by atoms with Gasteiger partial charge in [0.25, 0.3) is 5.91 Å². The molecule has 19 heavy (non-hydrogen) atoms. The van der Waals surface area contributed by atoms with Crippen molar-refractivity contribution in [1.82, 2.24) is 10.3 Å². The van der Waals surface area contributed by atoms with Crippen LogP contribution in [0.2, 0.25) is 0 Å². The quantitative estimate of drug-likeness (QED) is 0.591. The molecule has 0 aromatic carbocycles. The monoisotopic (exact) mass is 276 g/mol. The number of thiophene rings is 1. The van der Waals surface area contributed by atoms with E-state index in [0.29, 0.717) is 11.4 Å². The van der Waals surface area contributed by atoms with Crippen LogP contribution in [0.5, 0.6) is 0 Å². The van der Waals surface area contributed by atoms with Gasteiger partial charge in [-0.25, -0.2) is 10.8 Å². The summed E-state index contributed by atoms with van der Waals surface area (Å²) in [6.07, 6.45) is 1.58. The highest BCUT2D eigenvalue weighted by molar-refractivity contribution is 7.12. The van der Waals surface area contributed by atoms with Gasteiger partial charge in [-0.3, -0.25) is 4.79 Å². The topological polar surface area (TPSA) is 80.0 Å². The van der Waals surface area contributed by atoms with E-state index in [9.17, 15) is 4.79 Å². The Morgan fingerprint density at radius 3 is 2.84 bits per heavy atom. The van der Waals surface area contributed by atoms with Crippen LogP contribution in [0.4, 0.5) is 5.82 Å². The van der Waals surface area contributed by atoms with Crippen molar-refractivity contribution in [3.8, 4) is 0 Å². The van der Waals surface area contributed by atoms with Crippen LogP contribution in [-0.4, -0.2) is 10.9 Å². The van der Waals surface area contributed by atoms with Crippen molar-refractivity contribution in [3.05, 3.63) is 45.8 Å². The SMILES string of the molecule is Cc1ccc(C(C)NC(=O)c2cccnc2NN)s1. The number of nitrogens with two attached hydrogens (primary N) is 1. The molecule has 0 spiro atoms. The third kappa shape index (κ3) is 3.10. The lowest BCUT2D eigenvalue weighted by atomic mass is 10.2. The second kappa shape index (κ2) is 5.81. The van der Waals surface area contributed by atoms with Crippen molar-refractivity contribution in [2.24, 2.45) is 5.84 Å². The summed E-state index contributed by atoms with van der Waals surface area (Å²) >= 11 is 1.67. The molecule has 0 saturated heterocycles. The number of pyridine rings is 1. The molecule has 5 nitrogen and oxygen atoms in total. The number of carbonyl (C=O) groups is 1. The lowest BCUT2D eigenvalue weighted by Gasteiger charge is -2.13. The molecule has 1 amide bonds. The molecule has 0 aliphatic heterocycles. The lowest BCUT2D eigenvalue weighted by Crippen LogP contribution is -2.27. The molecule has 6 heteroatoms. The van der Waals surface area contributed by atoms with Crippen molar-refractivity contribution in [3.63, 3.8) is 0 Å². The van der Waals surface area contributed by atoms with Crippen LogP contribution in [0.15, 0.2) is 30.5 Å². The third-order valence-corrected chi connectivity index (χ3v) is 3.91. The fraction of sp³-hybridized carbons (Fsp3) is 0.231. The molecule has 0 aliphatic carbocycles. The second-order valence-corrected chi connectivity index (χ2v) is 5.51. The molecule has 2 heterocycles. The standard InChI is InChI=1S/C13H16N4OS/c1-8-5-6-11(19-8)9(2)16-13(18)10-4-3-7-15-12(10)17-14/h3-7,9H,14H2,1-2H3,(H,15,17)(H,16,18). The number of amides is 1. The van der Waals surface area contributed by atoms with Gasteiger partial charge in [0.15, 0.2) is 5.82 Å². The molecule has 2 rings (SSSR count). The van der Waals surface area contributed by atoms with E-state index in [0.717, 1.165) is 4.88 Å². The highest BCUT2D eigenvalue weighted by Crippen LogP contribution is 2.23. The fourth-order valence-corrected chi connectivity index (χ4v) is 2.61. The average molecular weight is 276 g/mol. The zero-order chi connectivity index (χ0) is 13.8. The van der Waals surface area contributed by atoms with Gasteiger partial charge < -0.3 is 10.7 Å². The van der Waals surface area contributed by atoms with Crippen molar-refractivity contribution in [2.45, 2.75) is 19.9 Å². The van der Waals surface area contributed by atoms with Gasteiger partial charge in [0.1, 0.15) is 0 Å². The second-order valence-electron chi connectivity index (χ2n) is 4.19. The van der Waals surface area contributed by atoms with Crippen LogP contribution in [-0.2, 0) is 0 Å². The van der Waals surface area contributed by atoms with Crippen LogP contribution in [0.25, 0.3) is 0 Å². The van der Waals surface area contributed by atoms with Crippen LogP contribution >= 0.6 is 11.3 Å². The molecule has 0 saturated carbocycles. The maximum atomic E-state index is 12.2. The van der Waals surface area contributed by atoms with E-state index in [4.69, 9.17) is 5.84 Å². The first kappa shape index (κ1) is 13.5. The number of anilines is 1. The Hall–Kier alpha value is -1.92. The number of hydrazine groups is 1. The van der Waals surface area contributed by atoms with Gasteiger partial charge in [-0.2, -0.15) is 0 Å². The number of aryl methyl sites for hydroxylation is 1. The van der Waals surface area contributed by atoms with Crippen molar-refractivity contribution in [2.75, 3.05) is 5.43 Å². The fourth-order valence-electron chi connectivity index (χ4n) is 1.74. The predicted octanol–water partition coefficient (Wildman–Crippen LogP) is 2.23. The minimum atomic E-state index is -0.195. The molecule has 0 radical (unpaired) electrons. The first-order valence-electron chi connectivity index (χ1n) is 5.90. The van der Waals surface area contributed by atoms with Gasteiger partial charge in [0.05, 0.1) is 11.6 Å². The molecular formula is C13H16N4OS. The smallest absolute Gasteiger partial charge is 0.255 e. The highest BCUT2D eigenvalue weighted by atomic mass is 32.1. The Morgan fingerprint density at radius 2 is 2.21 bits per heavy atom. The number of nitrogens with one attached hydrogen (secondary N) is 2. The molecule has 2 aromatic heterocycles. The van der Waals surface area contributed by atoms with Gasteiger partial charge in [-0.05, 0) is 38.1 Å². The third-order valence-electron chi connectivity index (χ3n) is 2.72. The van der Waals surface area contributed by atoms with Crippen LogP contribution in [0, 0.1) is 6.92 Å². The largest absolute Gasteiger partial charge is 0.345 e. The van der Waals surface area contributed by atoms with Crippen molar-refractivity contribution >= 4 is 23.1 Å². The van der Waals surface area contributed by atoms with Gasteiger partial charge >= 0.3 is 0 Å². The summed E-state index contributed by atoms with van der Waals surface area (Å²) in [5, 5.41) is 2.94. The Kier molecular flexibility index (Phi) is 4.13. The van der Waals surface area contributed by atoms with E-state index in [2.05, 4.69) is 15.7 Å². The van der Waals surface area contributed by atoms with Gasteiger partial charge in [0, 0.05) is 16.0 Å². The molecule has 0 fully saturated rings. The summed E-state index contributed by atoms with van der Waals surface area (Å²) in [6, 6.07) is 7.41. The summed E-state index contributed by atoms with van der Waals surface area (Å²) in [6.45, 7) is 4.00. The maximum absolute atomic E-state index is 12.2. The molecule has 2 aromatic rings. The average Bonchev–Trinajstić information content (AvgIpc) is 2.85. The Balaban J connectivity index is 2.12. The number of nitrogen functional groups attached to an aromatic ring is 1. The molecule has 0 bridgehead atoms. The maximum Gasteiger partial charge on any atom is 0.255 e. The van der Waals surface area contributed by atoms with Crippen molar-refractivity contribution < 1.29 is 4.79 Å². The summed E-state index contributed by atoms with van der Waals surface area (Å²) in [7, 11) is 0. The van der Waals surface area contributed by atoms with E-state index >= 15 is 0 Å². The van der Waals surface area contributed by atoms with Gasteiger partial charge in [-0.15, -0.1) is 11.3 Å². The number of rotatable bonds is 4. The van der Waals surface area contributed by atoms with E-state index in [1.54, 1.807) is 29.7 Å². The van der Waals surface area contributed by atoms with Gasteiger partial charge in [0.2, 0.25) is 0 Å². The zero-order valence-electron chi connectivity index (χ0n) is 10.8. The number of aromatic nitrogens is 1. The number of hydrogen-bond acceptors (Lipinski definition) is 5. The molecule has 100 valence electrons. The Morgan fingerprint density at radius 1 is 1.42 bits per heavy atom.